The number of rotatable bonds is 3. The molecule has 0 saturated carbocycles. The molecule has 5 heteroatoms. The summed E-state index contributed by atoms with van der Waals surface area (Å²) in [7, 11) is 1.52. The highest BCUT2D eigenvalue weighted by Crippen LogP contribution is 2.15. The van der Waals surface area contributed by atoms with Gasteiger partial charge in [0.2, 0.25) is 11.8 Å². The molecule has 0 aliphatic carbocycles. The molecule has 1 atom stereocenters. The quantitative estimate of drug-likeness (QED) is 0.437. The van der Waals surface area contributed by atoms with Crippen LogP contribution < -0.4 is 5.32 Å². The Morgan fingerprint density at radius 1 is 1.41 bits per heavy atom. The number of nitrogens with one attached hydrogen (secondary N) is 1. The van der Waals surface area contributed by atoms with Gasteiger partial charge in [0.25, 0.3) is 5.91 Å². The van der Waals surface area contributed by atoms with Crippen molar-refractivity contribution in [1.82, 2.24) is 10.2 Å². The van der Waals surface area contributed by atoms with Gasteiger partial charge in [0.05, 0.1) is 0 Å². The van der Waals surface area contributed by atoms with Crippen LogP contribution in [-0.2, 0) is 14.4 Å². The lowest BCUT2D eigenvalue weighted by Crippen LogP contribution is -2.53. The van der Waals surface area contributed by atoms with Gasteiger partial charge in [-0.05, 0) is 18.9 Å². The van der Waals surface area contributed by atoms with Crippen LogP contribution in [0.4, 0.5) is 0 Å². The van der Waals surface area contributed by atoms with Crippen molar-refractivity contribution in [3.05, 3.63) is 24.3 Å². The molecule has 0 spiro atoms. The van der Waals surface area contributed by atoms with Crippen LogP contribution in [0.1, 0.15) is 19.8 Å². The van der Waals surface area contributed by atoms with Gasteiger partial charge in [0.15, 0.2) is 0 Å². The Morgan fingerprint density at radius 2 is 2.00 bits per heavy atom. The normalized spacial score (nSPS) is 19.5. The van der Waals surface area contributed by atoms with E-state index in [0.717, 1.165) is 0 Å². The van der Waals surface area contributed by atoms with Gasteiger partial charge in [-0.3, -0.25) is 19.7 Å². The zero-order valence-corrected chi connectivity index (χ0v) is 10.1. The molecule has 5 nitrogen and oxygen atoms in total. The summed E-state index contributed by atoms with van der Waals surface area (Å²) in [6, 6.07) is -0.615. The molecule has 1 N–H and O–H groups in total. The van der Waals surface area contributed by atoms with Crippen molar-refractivity contribution in [1.29, 1.82) is 0 Å². The van der Waals surface area contributed by atoms with Crippen molar-refractivity contribution in [3.63, 3.8) is 0 Å². The van der Waals surface area contributed by atoms with E-state index >= 15 is 0 Å². The van der Waals surface area contributed by atoms with Crippen LogP contribution in [0.15, 0.2) is 24.3 Å². The van der Waals surface area contributed by atoms with Gasteiger partial charge in [-0.25, -0.2) is 0 Å². The lowest BCUT2D eigenvalue weighted by Gasteiger charge is -2.30. The Kier molecular flexibility index (Phi) is 3.83. The van der Waals surface area contributed by atoms with E-state index in [1.807, 2.05) is 0 Å². The second-order valence-electron chi connectivity index (χ2n) is 4.14. The first kappa shape index (κ1) is 13.2. The van der Waals surface area contributed by atoms with Crippen LogP contribution in [0.25, 0.3) is 0 Å². The van der Waals surface area contributed by atoms with E-state index < -0.39 is 11.9 Å². The Labute approximate surface area is 100 Å². The highest BCUT2D eigenvalue weighted by atomic mass is 16.2. The Bertz CT molecular complexity index is 412. The van der Waals surface area contributed by atoms with Crippen molar-refractivity contribution in [2.45, 2.75) is 25.8 Å². The third-order valence-electron chi connectivity index (χ3n) is 2.77. The molecule has 0 aromatic heterocycles. The zero-order chi connectivity index (χ0) is 13.2. The topological polar surface area (TPSA) is 66.5 Å². The maximum atomic E-state index is 11.9. The average Bonchev–Trinajstić information content (AvgIpc) is 2.26. The number of hydrogen-bond acceptors (Lipinski definition) is 3. The molecular weight excluding hydrogens is 220 g/mol. The predicted molar refractivity (Wildman–Crippen MR) is 62.9 cm³/mol. The van der Waals surface area contributed by atoms with E-state index in [4.69, 9.17) is 0 Å². The minimum Gasteiger partial charge on any atom is -0.330 e. The number of piperidine rings is 1. The molecule has 1 fully saturated rings. The van der Waals surface area contributed by atoms with Crippen molar-refractivity contribution in [3.8, 4) is 0 Å². The van der Waals surface area contributed by atoms with Gasteiger partial charge in [-0.2, -0.15) is 0 Å². The number of carbonyl (C=O) groups is 3. The van der Waals surface area contributed by atoms with Crippen molar-refractivity contribution in [2.75, 3.05) is 7.05 Å². The Balaban J connectivity index is 2.76. The number of amides is 3. The standard InChI is InChI=1S/C12H16N2O3/c1-7(2)8(3)12(17)14(4)9-5-6-10(15)13-11(9)16/h9H,1,3,5-6H2,2,4H3,(H,13,15,16). The molecule has 92 valence electrons. The molecule has 1 saturated heterocycles. The van der Waals surface area contributed by atoms with Crippen LogP contribution in [0.5, 0.6) is 0 Å². The minimum absolute atomic E-state index is 0.244. The first-order valence-electron chi connectivity index (χ1n) is 5.30. The molecule has 1 unspecified atom stereocenters. The van der Waals surface area contributed by atoms with Gasteiger partial charge >= 0.3 is 0 Å². The van der Waals surface area contributed by atoms with E-state index in [0.29, 0.717) is 12.0 Å². The van der Waals surface area contributed by atoms with Gasteiger partial charge in [0, 0.05) is 19.0 Å². The Morgan fingerprint density at radius 3 is 2.47 bits per heavy atom. The van der Waals surface area contributed by atoms with Crippen molar-refractivity contribution < 1.29 is 14.4 Å². The van der Waals surface area contributed by atoms with E-state index in [1.165, 1.54) is 11.9 Å². The SMILES string of the molecule is C=C(C)C(=C)C(=O)N(C)C1CCC(=O)NC1=O. The summed E-state index contributed by atoms with van der Waals surface area (Å²) >= 11 is 0. The molecule has 0 radical (unpaired) electrons. The predicted octanol–water partition coefficient (Wildman–Crippen LogP) is 0.382. The summed E-state index contributed by atoms with van der Waals surface area (Å²) in [5, 5.41) is 2.21. The summed E-state index contributed by atoms with van der Waals surface area (Å²) < 4.78 is 0. The van der Waals surface area contributed by atoms with Crippen LogP contribution >= 0.6 is 0 Å². The average molecular weight is 236 g/mol. The largest absolute Gasteiger partial charge is 0.330 e. The number of nitrogens with zero attached hydrogens (tertiary/aromatic N) is 1. The molecule has 0 bridgehead atoms. The number of hydrogen-bond donors (Lipinski definition) is 1. The first-order valence-corrected chi connectivity index (χ1v) is 5.30. The number of imide groups is 1. The fraction of sp³-hybridized carbons (Fsp3) is 0.417. The van der Waals surface area contributed by atoms with Crippen molar-refractivity contribution >= 4 is 17.7 Å². The van der Waals surface area contributed by atoms with Gasteiger partial charge in [-0.1, -0.05) is 13.2 Å². The minimum atomic E-state index is -0.615. The maximum absolute atomic E-state index is 11.9. The summed E-state index contributed by atoms with van der Waals surface area (Å²) in [5.74, 6) is -1.08. The molecule has 1 rings (SSSR count). The van der Waals surface area contributed by atoms with Crippen LogP contribution in [0, 0.1) is 0 Å². The third kappa shape index (κ3) is 2.81. The summed E-state index contributed by atoms with van der Waals surface area (Å²) in [4.78, 5) is 35.8. The van der Waals surface area contributed by atoms with E-state index in [2.05, 4.69) is 18.5 Å². The molecule has 0 aromatic rings. The molecule has 17 heavy (non-hydrogen) atoms. The smallest absolute Gasteiger partial charge is 0.253 e. The molecule has 1 heterocycles. The molecule has 0 aromatic carbocycles. The number of likely N-dealkylation sites (N-methyl/N-ethyl adjacent to an activating group) is 1. The monoisotopic (exact) mass is 236 g/mol. The second-order valence-corrected chi connectivity index (χ2v) is 4.14. The molecule has 1 aliphatic rings. The van der Waals surface area contributed by atoms with Gasteiger partial charge in [0.1, 0.15) is 6.04 Å². The maximum Gasteiger partial charge on any atom is 0.253 e. The lowest BCUT2D eigenvalue weighted by molar-refractivity contribution is -0.142. The van der Waals surface area contributed by atoms with E-state index in [-0.39, 0.29) is 23.8 Å². The molecule has 3 amide bonds. The third-order valence-corrected chi connectivity index (χ3v) is 2.77. The van der Waals surface area contributed by atoms with E-state index in [1.54, 1.807) is 6.92 Å². The highest BCUT2D eigenvalue weighted by Gasteiger charge is 2.32. The zero-order valence-electron chi connectivity index (χ0n) is 10.1. The fourth-order valence-electron chi connectivity index (χ4n) is 1.59. The summed E-state index contributed by atoms with van der Waals surface area (Å²) in [6.07, 6.45) is 0.587. The fourth-order valence-corrected chi connectivity index (χ4v) is 1.59. The Hall–Kier alpha value is -1.91. The molecular formula is C12H16N2O3. The van der Waals surface area contributed by atoms with Crippen LogP contribution in [0.2, 0.25) is 0 Å². The van der Waals surface area contributed by atoms with Gasteiger partial charge in [-0.15, -0.1) is 0 Å². The van der Waals surface area contributed by atoms with E-state index in [9.17, 15) is 14.4 Å². The first-order chi connectivity index (χ1) is 7.84. The van der Waals surface area contributed by atoms with Crippen LogP contribution in [-0.4, -0.2) is 35.7 Å². The van der Waals surface area contributed by atoms with Gasteiger partial charge < -0.3 is 4.90 Å². The molecule has 1 aliphatic heterocycles. The van der Waals surface area contributed by atoms with Crippen LogP contribution in [0.3, 0.4) is 0 Å². The summed E-state index contributed by atoms with van der Waals surface area (Å²) in [5.41, 5.74) is 0.839. The second kappa shape index (κ2) is 4.95. The summed E-state index contributed by atoms with van der Waals surface area (Å²) in [6.45, 7) is 8.93. The van der Waals surface area contributed by atoms with Crippen molar-refractivity contribution in [2.24, 2.45) is 0 Å². The highest BCUT2D eigenvalue weighted by molar-refractivity contribution is 6.04. The lowest BCUT2D eigenvalue weighted by atomic mass is 10.0. The number of carbonyl (C=O) groups excluding carboxylic acids is 3.